The van der Waals surface area contributed by atoms with Gasteiger partial charge in [0.15, 0.2) is 21.5 Å². The number of halogens is 2. The molecule has 1 saturated heterocycles. The Balaban J connectivity index is 2.46. The van der Waals surface area contributed by atoms with Gasteiger partial charge in [-0.05, 0) is 12.5 Å². The zero-order chi connectivity index (χ0) is 14.3. The fourth-order valence-corrected chi connectivity index (χ4v) is 4.24. The fraction of sp³-hybridized carbons (Fsp3) is 0.417. The minimum absolute atomic E-state index is 0.0943. The lowest BCUT2D eigenvalue weighted by atomic mass is 9.79. The number of hydrogen-bond acceptors (Lipinski definition) is 4. The van der Waals surface area contributed by atoms with Crippen LogP contribution in [-0.2, 0) is 9.84 Å². The second-order valence-corrected chi connectivity index (χ2v) is 6.84. The van der Waals surface area contributed by atoms with Crippen molar-refractivity contribution >= 4 is 9.84 Å². The summed E-state index contributed by atoms with van der Waals surface area (Å²) in [5, 5.41) is 19.3. The highest BCUT2D eigenvalue weighted by Gasteiger charge is 2.49. The third kappa shape index (κ3) is 2.33. The van der Waals surface area contributed by atoms with Gasteiger partial charge in [-0.25, -0.2) is 17.2 Å². The van der Waals surface area contributed by atoms with Crippen LogP contribution in [0.25, 0.3) is 0 Å². The lowest BCUT2D eigenvalue weighted by Crippen LogP contribution is -2.29. The first kappa shape index (κ1) is 13.9. The number of aliphatic hydroxyl groups excluding tert-OH is 1. The van der Waals surface area contributed by atoms with Crippen molar-refractivity contribution in [3.8, 4) is 6.07 Å². The van der Waals surface area contributed by atoms with E-state index in [0.29, 0.717) is 0 Å². The lowest BCUT2D eigenvalue weighted by Gasteiger charge is -2.26. The molecule has 2 atom stereocenters. The standard InChI is InChI=1S/C12H11F2NO3S/c13-9-3-1-2-8(10(9)14)11(16)12(6-15)4-5-19(17,18)7-12/h1-3,11,16H,4-5,7H2. The van der Waals surface area contributed by atoms with Gasteiger partial charge in [-0.15, -0.1) is 0 Å². The first-order chi connectivity index (χ1) is 8.81. The van der Waals surface area contributed by atoms with Gasteiger partial charge in [-0.1, -0.05) is 12.1 Å². The monoisotopic (exact) mass is 287 g/mol. The highest BCUT2D eigenvalue weighted by Crippen LogP contribution is 2.43. The van der Waals surface area contributed by atoms with Crippen LogP contribution in [-0.4, -0.2) is 25.0 Å². The summed E-state index contributed by atoms with van der Waals surface area (Å²) in [6.45, 7) is 0. The second kappa shape index (κ2) is 4.54. The van der Waals surface area contributed by atoms with Crippen LogP contribution in [0.3, 0.4) is 0 Å². The van der Waals surface area contributed by atoms with E-state index in [0.717, 1.165) is 12.1 Å². The van der Waals surface area contributed by atoms with Gasteiger partial charge in [0.2, 0.25) is 0 Å². The molecule has 0 aliphatic carbocycles. The van der Waals surface area contributed by atoms with Crippen molar-refractivity contribution in [1.82, 2.24) is 0 Å². The van der Waals surface area contributed by atoms with Crippen LogP contribution >= 0.6 is 0 Å². The molecule has 1 aromatic carbocycles. The number of sulfone groups is 1. The molecule has 0 spiro atoms. The third-order valence-corrected chi connectivity index (χ3v) is 5.14. The summed E-state index contributed by atoms with van der Waals surface area (Å²) in [6.07, 6.45) is -1.77. The molecule has 0 radical (unpaired) electrons. The maximum atomic E-state index is 13.6. The molecular weight excluding hydrogens is 276 g/mol. The molecular formula is C12H11F2NO3S. The first-order valence-electron chi connectivity index (χ1n) is 5.55. The summed E-state index contributed by atoms with van der Waals surface area (Å²) < 4.78 is 49.7. The van der Waals surface area contributed by atoms with Crippen molar-refractivity contribution < 1.29 is 22.3 Å². The predicted octanol–water partition coefficient (Wildman–Crippen LogP) is 1.33. The molecule has 4 nitrogen and oxygen atoms in total. The van der Waals surface area contributed by atoms with Gasteiger partial charge in [0.05, 0.1) is 17.6 Å². The zero-order valence-electron chi connectivity index (χ0n) is 9.81. The minimum atomic E-state index is -3.44. The van der Waals surface area contributed by atoms with Gasteiger partial charge < -0.3 is 5.11 Å². The van der Waals surface area contributed by atoms with Crippen LogP contribution in [0.2, 0.25) is 0 Å². The lowest BCUT2D eigenvalue weighted by molar-refractivity contribution is 0.0752. The van der Waals surface area contributed by atoms with Gasteiger partial charge in [0, 0.05) is 5.56 Å². The van der Waals surface area contributed by atoms with E-state index in [1.165, 1.54) is 6.07 Å². The number of aliphatic hydroxyl groups is 1. The maximum absolute atomic E-state index is 13.6. The van der Waals surface area contributed by atoms with Crippen LogP contribution in [0.4, 0.5) is 8.78 Å². The molecule has 2 unspecified atom stereocenters. The van der Waals surface area contributed by atoms with E-state index in [1.807, 2.05) is 0 Å². The van der Waals surface area contributed by atoms with Gasteiger partial charge in [0.1, 0.15) is 11.5 Å². The third-order valence-electron chi connectivity index (χ3n) is 3.36. The summed E-state index contributed by atoms with van der Waals surface area (Å²) in [7, 11) is -3.44. The molecule has 0 amide bonds. The average Bonchev–Trinajstić information content (AvgIpc) is 2.69. The number of nitrogens with zero attached hydrogens (tertiary/aromatic N) is 1. The summed E-state index contributed by atoms with van der Waals surface area (Å²) in [6, 6.07) is 4.99. The normalized spacial score (nSPS) is 26.8. The van der Waals surface area contributed by atoms with E-state index in [1.54, 1.807) is 6.07 Å². The molecule has 102 valence electrons. The highest BCUT2D eigenvalue weighted by atomic mass is 32.2. The van der Waals surface area contributed by atoms with Crippen molar-refractivity contribution in [2.75, 3.05) is 11.5 Å². The van der Waals surface area contributed by atoms with Gasteiger partial charge >= 0.3 is 0 Å². The van der Waals surface area contributed by atoms with Crippen molar-refractivity contribution in [2.24, 2.45) is 5.41 Å². The average molecular weight is 287 g/mol. The van der Waals surface area contributed by atoms with Crippen molar-refractivity contribution in [1.29, 1.82) is 5.26 Å². The van der Waals surface area contributed by atoms with E-state index in [9.17, 15) is 22.3 Å². The summed E-state index contributed by atoms with van der Waals surface area (Å²) >= 11 is 0. The van der Waals surface area contributed by atoms with Crippen LogP contribution in [0.1, 0.15) is 18.1 Å². The molecule has 1 aliphatic heterocycles. The van der Waals surface area contributed by atoms with E-state index in [-0.39, 0.29) is 12.2 Å². The van der Waals surface area contributed by atoms with Crippen molar-refractivity contribution in [2.45, 2.75) is 12.5 Å². The van der Waals surface area contributed by atoms with E-state index in [4.69, 9.17) is 5.26 Å². The zero-order valence-corrected chi connectivity index (χ0v) is 10.6. The maximum Gasteiger partial charge on any atom is 0.164 e. The number of nitriles is 1. The Morgan fingerprint density at radius 3 is 2.63 bits per heavy atom. The molecule has 1 fully saturated rings. The molecule has 19 heavy (non-hydrogen) atoms. The van der Waals surface area contributed by atoms with Crippen LogP contribution in [0.5, 0.6) is 0 Å². The summed E-state index contributed by atoms with van der Waals surface area (Å²) in [5.41, 5.74) is -2.01. The molecule has 0 saturated carbocycles. The Labute approximate surface area is 109 Å². The largest absolute Gasteiger partial charge is 0.387 e. The van der Waals surface area contributed by atoms with Crippen LogP contribution in [0.15, 0.2) is 18.2 Å². The number of benzene rings is 1. The Morgan fingerprint density at radius 1 is 1.42 bits per heavy atom. The topological polar surface area (TPSA) is 78.2 Å². The molecule has 0 aromatic heterocycles. The second-order valence-electron chi connectivity index (χ2n) is 4.66. The quantitative estimate of drug-likeness (QED) is 0.890. The molecule has 1 aromatic rings. The summed E-state index contributed by atoms with van der Waals surface area (Å²) in [4.78, 5) is 0. The van der Waals surface area contributed by atoms with Crippen molar-refractivity contribution in [3.05, 3.63) is 35.4 Å². The Hall–Kier alpha value is -1.52. The Bertz CT molecular complexity index is 653. The highest BCUT2D eigenvalue weighted by molar-refractivity contribution is 7.91. The van der Waals surface area contributed by atoms with E-state index in [2.05, 4.69) is 0 Å². The predicted molar refractivity (Wildman–Crippen MR) is 62.6 cm³/mol. The van der Waals surface area contributed by atoms with E-state index < -0.39 is 44.3 Å². The van der Waals surface area contributed by atoms with Crippen molar-refractivity contribution in [3.63, 3.8) is 0 Å². The number of rotatable bonds is 2. The first-order valence-corrected chi connectivity index (χ1v) is 7.37. The van der Waals surface area contributed by atoms with Gasteiger partial charge in [0.25, 0.3) is 0 Å². The molecule has 1 aliphatic rings. The molecule has 1 heterocycles. The Morgan fingerprint density at radius 2 is 2.11 bits per heavy atom. The Kier molecular flexibility index (Phi) is 3.32. The minimum Gasteiger partial charge on any atom is -0.387 e. The van der Waals surface area contributed by atoms with Crippen LogP contribution in [0, 0.1) is 28.4 Å². The number of hydrogen-bond donors (Lipinski definition) is 1. The molecule has 0 bridgehead atoms. The molecule has 7 heteroatoms. The SMILES string of the molecule is N#CC1(C(O)c2cccc(F)c2F)CCS(=O)(=O)C1. The fourth-order valence-electron chi connectivity index (χ4n) is 2.27. The van der Waals surface area contributed by atoms with E-state index >= 15 is 0 Å². The van der Waals surface area contributed by atoms with Crippen LogP contribution < -0.4 is 0 Å². The summed E-state index contributed by atoms with van der Waals surface area (Å²) in [5.74, 6) is -3.19. The molecule has 2 rings (SSSR count). The smallest absolute Gasteiger partial charge is 0.164 e. The van der Waals surface area contributed by atoms with Gasteiger partial charge in [-0.2, -0.15) is 5.26 Å². The molecule has 1 N–H and O–H groups in total. The van der Waals surface area contributed by atoms with Gasteiger partial charge in [-0.3, -0.25) is 0 Å².